The Morgan fingerprint density at radius 2 is 2.07 bits per heavy atom. The second kappa shape index (κ2) is 6.34. The highest BCUT2D eigenvalue weighted by Crippen LogP contribution is 2.61. The highest BCUT2D eigenvalue weighted by Gasteiger charge is 2.53. The minimum atomic E-state index is -0.802. The molecule has 0 spiro atoms. The maximum Gasteiger partial charge on any atom is 0.337 e. The Bertz CT molecular complexity index is 1190. The molecule has 0 radical (unpaired) electrons. The van der Waals surface area contributed by atoms with E-state index in [0.29, 0.717) is 23.3 Å². The third-order valence-electron chi connectivity index (χ3n) is 8.38. The van der Waals surface area contributed by atoms with Gasteiger partial charge in [0.1, 0.15) is 5.75 Å². The van der Waals surface area contributed by atoms with Crippen LogP contribution in [0.25, 0.3) is 10.1 Å². The van der Waals surface area contributed by atoms with Gasteiger partial charge in [0.2, 0.25) is 0 Å². The quantitative estimate of drug-likeness (QED) is 0.541. The molecule has 2 aromatic carbocycles. The van der Waals surface area contributed by atoms with Crippen LogP contribution in [0.5, 0.6) is 5.75 Å². The molecule has 1 aromatic heterocycles. The first kappa shape index (κ1) is 18.4. The fourth-order valence-corrected chi connectivity index (χ4v) is 8.03. The van der Waals surface area contributed by atoms with Gasteiger partial charge < -0.3 is 9.84 Å². The molecular weight excluding hydrogens is 392 g/mol. The second-order valence-corrected chi connectivity index (χ2v) is 10.5. The van der Waals surface area contributed by atoms with E-state index in [1.807, 2.05) is 6.07 Å². The van der Waals surface area contributed by atoms with Crippen molar-refractivity contribution in [2.75, 3.05) is 7.11 Å². The number of hydrogen-bond acceptors (Lipinski definition) is 3. The topological polar surface area (TPSA) is 46.5 Å². The van der Waals surface area contributed by atoms with Crippen molar-refractivity contribution in [3.05, 3.63) is 63.5 Å². The number of aromatic carboxylic acids is 1. The van der Waals surface area contributed by atoms with Crippen molar-refractivity contribution < 1.29 is 14.6 Å². The molecule has 3 aliphatic rings. The van der Waals surface area contributed by atoms with E-state index >= 15 is 0 Å². The van der Waals surface area contributed by atoms with E-state index in [1.54, 1.807) is 18.4 Å². The molecule has 0 aliphatic heterocycles. The number of carbonyl (C=O) groups is 1. The predicted octanol–water partition coefficient (Wildman–Crippen LogP) is 6.18. The summed E-state index contributed by atoms with van der Waals surface area (Å²) in [5.74, 6) is 2.03. The van der Waals surface area contributed by atoms with Gasteiger partial charge in [-0.3, -0.25) is 0 Å². The molecule has 0 bridgehead atoms. The molecule has 4 atom stereocenters. The zero-order valence-electron chi connectivity index (χ0n) is 17.4. The van der Waals surface area contributed by atoms with E-state index in [9.17, 15) is 9.90 Å². The number of benzene rings is 2. The van der Waals surface area contributed by atoms with E-state index < -0.39 is 5.97 Å². The van der Waals surface area contributed by atoms with Crippen molar-refractivity contribution in [2.45, 2.75) is 50.4 Å². The van der Waals surface area contributed by atoms with Crippen LogP contribution in [0.1, 0.15) is 64.7 Å². The Morgan fingerprint density at radius 3 is 2.87 bits per heavy atom. The van der Waals surface area contributed by atoms with Crippen LogP contribution in [0.2, 0.25) is 0 Å². The summed E-state index contributed by atoms with van der Waals surface area (Å²) in [5, 5.41) is 13.0. The van der Waals surface area contributed by atoms with E-state index in [0.717, 1.165) is 23.3 Å². The average molecular weight is 419 g/mol. The van der Waals surface area contributed by atoms with Crippen molar-refractivity contribution in [3.8, 4) is 5.75 Å². The fourth-order valence-electron chi connectivity index (χ4n) is 7.12. The minimum Gasteiger partial charge on any atom is -0.497 e. The van der Waals surface area contributed by atoms with Crippen molar-refractivity contribution in [1.82, 2.24) is 0 Å². The van der Waals surface area contributed by atoms with Gasteiger partial charge in [-0.05, 0) is 113 Å². The SMILES string of the molecule is COc1ccc2c(c1)CC[C@@H]1[C@@H]2CC[C@]2(C)c3c(cc(C(=O)O)c4sccc34)C[C@@H]12. The number of thiophene rings is 1. The summed E-state index contributed by atoms with van der Waals surface area (Å²) in [4.78, 5) is 11.9. The van der Waals surface area contributed by atoms with Crippen LogP contribution in [0, 0.1) is 11.8 Å². The highest BCUT2D eigenvalue weighted by atomic mass is 32.1. The summed E-state index contributed by atoms with van der Waals surface area (Å²) in [6.45, 7) is 2.46. The number of aryl methyl sites for hydroxylation is 1. The molecule has 30 heavy (non-hydrogen) atoms. The number of hydrogen-bond donors (Lipinski definition) is 1. The third-order valence-corrected chi connectivity index (χ3v) is 9.33. The van der Waals surface area contributed by atoms with Gasteiger partial charge in [0.05, 0.1) is 12.7 Å². The largest absolute Gasteiger partial charge is 0.497 e. The molecule has 154 valence electrons. The molecule has 1 N–H and O–H groups in total. The maximum absolute atomic E-state index is 11.9. The van der Waals surface area contributed by atoms with E-state index in [2.05, 4.69) is 36.6 Å². The van der Waals surface area contributed by atoms with Crippen LogP contribution >= 0.6 is 11.3 Å². The second-order valence-electron chi connectivity index (χ2n) is 9.57. The van der Waals surface area contributed by atoms with Gasteiger partial charge in [-0.1, -0.05) is 13.0 Å². The highest BCUT2D eigenvalue weighted by molar-refractivity contribution is 7.17. The zero-order valence-corrected chi connectivity index (χ0v) is 18.2. The first-order valence-electron chi connectivity index (χ1n) is 10.9. The van der Waals surface area contributed by atoms with Crippen LogP contribution in [0.4, 0.5) is 0 Å². The van der Waals surface area contributed by atoms with Crippen LogP contribution in [-0.4, -0.2) is 18.2 Å². The maximum atomic E-state index is 11.9. The summed E-state index contributed by atoms with van der Waals surface area (Å²) in [6, 6.07) is 10.8. The number of ether oxygens (including phenoxy) is 1. The lowest BCUT2D eigenvalue weighted by Crippen LogP contribution is -2.43. The van der Waals surface area contributed by atoms with Crippen molar-refractivity contribution in [1.29, 1.82) is 0 Å². The molecule has 0 unspecified atom stereocenters. The Hall–Kier alpha value is -2.33. The Balaban J connectivity index is 1.45. The van der Waals surface area contributed by atoms with Gasteiger partial charge in [-0.2, -0.15) is 0 Å². The number of methoxy groups -OCH3 is 1. The summed E-state index contributed by atoms with van der Waals surface area (Å²) >= 11 is 1.57. The molecule has 0 saturated heterocycles. The van der Waals surface area contributed by atoms with Gasteiger partial charge in [-0.25, -0.2) is 4.79 Å². The summed E-state index contributed by atoms with van der Waals surface area (Å²) in [5.41, 5.74) is 6.36. The monoisotopic (exact) mass is 418 g/mol. The molecule has 3 aromatic rings. The Labute approximate surface area is 180 Å². The first-order valence-corrected chi connectivity index (χ1v) is 11.8. The molecule has 1 heterocycles. The normalized spacial score (nSPS) is 29.1. The van der Waals surface area contributed by atoms with E-state index in [4.69, 9.17) is 4.74 Å². The summed E-state index contributed by atoms with van der Waals surface area (Å²) < 4.78 is 6.41. The predicted molar refractivity (Wildman–Crippen MR) is 120 cm³/mol. The van der Waals surface area contributed by atoms with Gasteiger partial charge in [-0.15, -0.1) is 11.3 Å². The lowest BCUT2D eigenvalue weighted by molar-refractivity contribution is 0.0699. The molecule has 6 rings (SSSR count). The van der Waals surface area contributed by atoms with Gasteiger partial charge in [0.25, 0.3) is 0 Å². The molecule has 1 fully saturated rings. The van der Waals surface area contributed by atoms with E-state index in [1.165, 1.54) is 46.9 Å². The Morgan fingerprint density at radius 1 is 1.20 bits per heavy atom. The number of fused-ring (bicyclic) bond motifs is 9. The lowest BCUT2D eigenvalue weighted by atomic mass is 9.54. The Kier molecular flexibility index (Phi) is 3.89. The summed E-state index contributed by atoms with van der Waals surface area (Å²) in [7, 11) is 1.74. The molecule has 4 heteroatoms. The van der Waals surface area contributed by atoms with Crippen LogP contribution < -0.4 is 4.74 Å². The standard InChI is InChI=1S/C26H26O3S/c1-26-9-7-18-17-6-4-16(29-2)11-14(17)3-5-19(18)22(26)13-15-12-21(25(27)28)24-20(23(15)26)8-10-30-24/h4,6,8,10-12,18-19,22H,3,5,7,9,13H2,1-2H3,(H,27,28)/t18-,19-,22+,26+/m1/s1. The molecule has 3 aliphatic carbocycles. The van der Waals surface area contributed by atoms with Crippen molar-refractivity contribution in [2.24, 2.45) is 11.8 Å². The smallest absolute Gasteiger partial charge is 0.337 e. The van der Waals surface area contributed by atoms with Crippen LogP contribution in [-0.2, 0) is 18.3 Å². The molecule has 1 saturated carbocycles. The summed E-state index contributed by atoms with van der Waals surface area (Å²) in [6.07, 6.45) is 5.74. The molecule has 0 amide bonds. The van der Waals surface area contributed by atoms with Crippen LogP contribution in [0.3, 0.4) is 0 Å². The number of carboxylic acids is 1. The van der Waals surface area contributed by atoms with Crippen LogP contribution in [0.15, 0.2) is 35.7 Å². The zero-order chi connectivity index (χ0) is 20.6. The lowest BCUT2D eigenvalue weighted by Gasteiger charge is -2.49. The minimum absolute atomic E-state index is 0.150. The molecule has 3 nitrogen and oxygen atoms in total. The van der Waals surface area contributed by atoms with Crippen molar-refractivity contribution >= 4 is 27.4 Å². The molecular formula is C26H26O3S. The van der Waals surface area contributed by atoms with Gasteiger partial charge in [0, 0.05) is 4.70 Å². The van der Waals surface area contributed by atoms with Crippen molar-refractivity contribution in [3.63, 3.8) is 0 Å². The third kappa shape index (κ3) is 2.34. The first-order chi connectivity index (χ1) is 14.5. The number of rotatable bonds is 2. The number of carboxylic acid groups (broad SMARTS) is 1. The van der Waals surface area contributed by atoms with Gasteiger partial charge >= 0.3 is 5.97 Å². The van der Waals surface area contributed by atoms with Gasteiger partial charge in [0.15, 0.2) is 0 Å². The fraction of sp³-hybridized carbons (Fsp3) is 0.423. The average Bonchev–Trinajstić information content (AvgIpc) is 3.34. The van der Waals surface area contributed by atoms with E-state index in [-0.39, 0.29) is 5.41 Å².